The third-order valence-corrected chi connectivity index (χ3v) is 4.04. The summed E-state index contributed by atoms with van der Waals surface area (Å²) >= 11 is 0. The van der Waals surface area contributed by atoms with Crippen LogP contribution in [0.15, 0.2) is 42.6 Å². The van der Waals surface area contributed by atoms with Crippen molar-refractivity contribution in [3.63, 3.8) is 0 Å². The Balaban J connectivity index is 1.95. The van der Waals surface area contributed by atoms with Crippen LogP contribution in [0, 0.1) is 0 Å². The molecule has 114 valence electrons. The molecule has 0 amide bonds. The lowest BCUT2D eigenvalue weighted by Gasteiger charge is -2.00. The van der Waals surface area contributed by atoms with Gasteiger partial charge in [0, 0.05) is 27.9 Å². The second-order valence-corrected chi connectivity index (χ2v) is 5.33. The lowest BCUT2D eigenvalue weighted by Crippen LogP contribution is -2.17. The zero-order valence-electron chi connectivity index (χ0n) is 12.5. The largest absolute Gasteiger partial charge is 0.460 e. The monoisotopic (exact) mass is 306 g/mol. The number of carbonyl (C=O) groups excluding carboxylic acids is 2. The summed E-state index contributed by atoms with van der Waals surface area (Å²) in [7, 11) is 0. The Bertz CT molecular complexity index is 1070. The van der Waals surface area contributed by atoms with E-state index in [9.17, 15) is 9.59 Å². The smallest absolute Gasteiger partial charge is 0.379 e. The lowest BCUT2D eigenvalue weighted by atomic mass is 10.1. The minimum absolute atomic E-state index is 0.180. The van der Waals surface area contributed by atoms with Gasteiger partial charge in [-0.15, -0.1) is 0 Å². The molecule has 0 atom stereocenters. The summed E-state index contributed by atoms with van der Waals surface area (Å²) in [5.41, 5.74) is 3.10. The number of fused-ring (bicyclic) bond motifs is 5. The number of rotatable bonds is 3. The predicted molar refractivity (Wildman–Crippen MR) is 88.6 cm³/mol. The SMILES string of the molecule is CCOC(=O)C(=O)c1c[nH]c2c1ccc1c3ccccc3[nH]c12. The molecule has 2 aromatic carbocycles. The van der Waals surface area contributed by atoms with E-state index < -0.39 is 11.8 Å². The fourth-order valence-electron chi connectivity index (χ4n) is 3.01. The van der Waals surface area contributed by atoms with E-state index in [4.69, 9.17) is 4.74 Å². The molecule has 5 heteroatoms. The van der Waals surface area contributed by atoms with E-state index in [1.54, 1.807) is 13.1 Å². The van der Waals surface area contributed by atoms with Gasteiger partial charge in [-0.3, -0.25) is 4.79 Å². The van der Waals surface area contributed by atoms with E-state index in [0.29, 0.717) is 10.9 Å². The van der Waals surface area contributed by atoms with E-state index in [1.807, 2.05) is 36.4 Å². The van der Waals surface area contributed by atoms with Crippen molar-refractivity contribution < 1.29 is 14.3 Å². The minimum Gasteiger partial charge on any atom is -0.460 e. The van der Waals surface area contributed by atoms with Gasteiger partial charge in [-0.2, -0.15) is 0 Å². The van der Waals surface area contributed by atoms with Gasteiger partial charge in [0.1, 0.15) is 0 Å². The highest BCUT2D eigenvalue weighted by molar-refractivity contribution is 6.43. The highest BCUT2D eigenvalue weighted by Crippen LogP contribution is 2.32. The van der Waals surface area contributed by atoms with Crippen molar-refractivity contribution in [2.24, 2.45) is 0 Å². The molecule has 0 bridgehead atoms. The summed E-state index contributed by atoms with van der Waals surface area (Å²) in [6, 6.07) is 11.8. The van der Waals surface area contributed by atoms with Crippen molar-refractivity contribution in [1.82, 2.24) is 9.97 Å². The summed E-state index contributed by atoms with van der Waals surface area (Å²) in [5, 5.41) is 2.91. The van der Waals surface area contributed by atoms with Crippen molar-refractivity contribution in [3.05, 3.63) is 48.2 Å². The number of aromatic amines is 2. The summed E-state index contributed by atoms with van der Waals surface area (Å²) < 4.78 is 4.80. The van der Waals surface area contributed by atoms with Crippen LogP contribution in [0.25, 0.3) is 32.7 Å². The average Bonchev–Trinajstić information content (AvgIpc) is 3.15. The summed E-state index contributed by atoms with van der Waals surface area (Å²) in [4.78, 5) is 30.4. The zero-order valence-corrected chi connectivity index (χ0v) is 12.5. The molecular weight excluding hydrogens is 292 g/mol. The number of ether oxygens (including phenoxy) is 1. The first-order valence-corrected chi connectivity index (χ1v) is 7.42. The molecule has 0 aliphatic rings. The number of para-hydroxylation sites is 1. The molecule has 0 aliphatic heterocycles. The maximum atomic E-state index is 12.2. The molecule has 0 saturated heterocycles. The second-order valence-electron chi connectivity index (χ2n) is 5.33. The van der Waals surface area contributed by atoms with E-state index in [2.05, 4.69) is 9.97 Å². The van der Waals surface area contributed by atoms with Gasteiger partial charge in [0.2, 0.25) is 0 Å². The van der Waals surface area contributed by atoms with Crippen LogP contribution >= 0.6 is 0 Å². The van der Waals surface area contributed by atoms with E-state index >= 15 is 0 Å². The minimum atomic E-state index is -0.829. The summed E-state index contributed by atoms with van der Waals surface area (Å²) in [6.45, 7) is 1.85. The first-order chi connectivity index (χ1) is 11.2. The molecule has 23 heavy (non-hydrogen) atoms. The first-order valence-electron chi connectivity index (χ1n) is 7.42. The fourth-order valence-corrected chi connectivity index (χ4v) is 3.01. The number of nitrogens with one attached hydrogen (secondary N) is 2. The molecule has 2 N–H and O–H groups in total. The Labute approximate surface area is 131 Å². The molecule has 2 aromatic heterocycles. The van der Waals surface area contributed by atoms with Crippen molar-refractivity contribution in [2.45, 2.75) is 6.92 Å². The highest BCUT2D eigenvalue weighted by atomic mass is 16.5. The topological polar surface area (TPSA) is 75.0 Å². The molecule has 2 heterocycles. The Hall–Kier alpha value is -3.08. The van der Waals surface area contributed by atoms with Crippen molar-refractivity contribution in [2.75, 3.05) is 6.61 Å². The number of esters is 1. The lowest BCUT2D eigenvalue weighted by molar-refractivity contribution is -0.137. The summed E-state index contributed by atoms with van der Waals surface area (Å²) in [6.07, 6.45) is 1.56. The van der Waals surface area contributed by atoms with E-state index in [1.165, 1.54) is 0 Å². The van der Waals surface area contributed by atoms with Crippen LogP contribution in [0.2, 0.25) is 0 Å². The molecule has 5 nitrogen and oxygen atoms in total. The zero-order chi connectivity index (χ0) is 16.0. The van der Waals surface area contributed by atoms with Gasteiger partial charge in [0.25, 0.3) is 5.78 Å². The number of ketones is 1. The van der Waals surface area contributed by atoms with Crippen molar-refractivity contribution in [3.8, 4) is 0 Å². The van der Waals surface area contributed by atoms with Crippen LogP contribution in [0.1, 0.15) is 17.3 Å². The third kappa shape index (κ3) is 1.93. The number of benzene rings is 2. The third-order valence-electron chi connectivity index (χ3n) is 4.04. The number of hydrogen-bond acceptors (Lipinski definition) is 3. The Kier molecular flexibility index (Phi) is 2.94. The Morgan fingerprint density at radius 3 is 2.61 bits per heavy atom. The van der Waals surface area contributed by atoms with E-state index in [0.717, 1.165) is 27.3 Å². The number of carbonyl (C=O) groups is 2. The predicted octanol–water partition coefficient (Wildman–Crippen LogP) is 3.55. The molecule has 0 fully saturated rings. The van der Waals surface area contributed by atoms with Gasteiger partial charge in [-0.1, -0.05) is 30.3 Å². The average molecular weight is 306 g/mol. The van der Waals surface area contributed by atoms with E-state index in [-0.39, 0.29) is 6.61 Å². The van der Waals surface area contributed by atoms with Gasteiger partial charge in [0.05, 0.1) is 23.2 Å². The van der Waals surface area contributed by atoms with Gasteiger partial charge in [-0.05, 0) is 13.0 Å². The van der Waals surface area contributed by atoms with Gasteiger partial charge in [0.15, 0.2) is 0 Å². The molecule has 4 rings (SSSR count). The maximum absolute atomic E-state index is 12.2. The molecule has 0 radical (unpaired) electrons. The highest BCUT2D eigenvalue weighted by Gasteiger charge is 2.22. The normalized spacial score (nSPS) is 11.3. The van der Waals surface area contributed by atoms with Crippen LogP contribution < -0.4 is 0 Å². The Morgan fingerprint density at radius 1 is 1.00 bits per heavy atom. The van der Waals surface area contributed by atoms with Crippen molar-refractivity contribution >= 4 is 44.5 Å². The van der Waals surface area contributed by atoms with Gasteiger partial charge < -0.3 is 14.7 Å². The van der Waals surface area contributed by atoms with Gasteiger partial charge >= 0.3 is 5.97 Å². The number of H-pyrrole nitrogens is 2. The molecule has 0 unspecified atom stereocenters. The quantitative estimate of drug-likeness (QED) is 0.345. The van der Waals surface area contributed by atoms with Crippen LogP contribution in [-0.4, -0.2) is 28.3 Å². The molecule has 0 aliphatic carbocycles. The maximum Gasteiger partial charge on any atom is 0.379 e. The summed E-state index contributed by atoms with van der Waals surface area (Å²) in [5.74, 6) is -1.46. The second kappa shape index (κ2) is 4.98. The first kappa shape index (κ1) is 13.6. The fraction of sp³-hybridized carbons (Fsp3) is 0.111. The van der Waals surface area contributed by atoms with Crippen molar-refractivity contribution in [1.29, 1.82) is 0 Å². The number of aromatic nitrogens is 2. The molecular formula is C18H14N2O3. The molecule has 0 saturated carbocycles. The van der Waals surface area contributed by atoms with Crippen LogP contribution in [0.5, 0.6) is 0 Å². The van der Waals surface area contributed by atoms with Gasteiger partial charge in [-0.25, -0.2) is 4.79 Å². The molecule has 0 spiro atoms. The van der Waals surface area contributed by atoms with Crippen LogP contribution in [0.4, 0.5) is 0 Å². The van der Waals surface area contributed by atoms with Crippen LogP contribution in [0.3, 0.4) is 0 Å². The number of Topliss-reactive ketones (excluding diaryl/α,β-unsaturated/α-hetero) is 1. The standard InChI is InChI=1S/C18H14N2O3/c1-2-23-18(22)17(21)13-9-19-15-12(13)8-7-11-10-5-3-4-6-14(10)20-16(11)15/h3-9,19-20H,2H2,1H3. The molecule has 4 aromatic rings. The Morgan fingerprint density at radius 2 is 1.78 bits per heavy atom. The van der Waals surface area contributed by atoms with Crippen LogP contribution in [-0.2, 0) is 9.53 Å². The number of hydrogen-bond donors (Lipinski definition) is 2.